The molecule has 1 unspecified atom stereocenters. The Morgan fingerprint density at radius 1 is 1.21 bits per heavy atom. The lowest BCUT2D eigenvalue weighted by molar-refractivity contribution is -0.123. The Bertz CT molecular complexity index is 560. The average Bonchev–Trinajstić information content (AvgIpc) is 2.73. The maximum Gasteiger partial charge on any atom is 0.322 e. The molecule has 100 valence electrons. The van der Waals surface area contributed by atoms with Crippen LogP contribution in [0.1, 0.15) is 5.56 Å². The molecule has 19 heavy (non-hydrogen) atoms. The third kappa shape index (κ3) is 1.70. The number of imide groups is 1. The van der Waals surface area contributed by atoms with Crippen molar-refractivity contribution in [2.45, 2.75) is 5.54 Å². The van der Waals surface area contributed by atoms with E-state index in [0.717, 1.165) is 0 Å². The van der Waals surface area contributed by atoms with Crippen LogP contribution >= 0.6 is 0 Å². The first-order valence-corrected chi connectivity index (χ1v) is 5.89. The zero-order valence-corrected chi connectivity index (χ0v) is 10.1. The lowest BCUT2D eigenvalue weighted by Gasteiger charge is -2.26. The molecular weight excluding hydrogens is 250 g/mol. The number of rotatable bonds is 2. The summed E-state index contributed by atoms with van der Waals surface area (Å²) in [6.07, 6.45) is 0. The summed E-state index contributed by atoms with van der Waals surface area (Å²) in [5.74, 6) is 0.703. The number of amides is 3. The van der Waals surface area contributed by atoms with Gasteiger partial charge in [0, 0.05) is 6.54 Å². The number of fused-ring (bicyclic) bond motifs is 1. The quantitative estimate of drug-likeness (QED) is 0.621. The third-order valence-corrected chi connectivity index (χ3v) is 3.28. The highest BCUT2D eigenvalue weighted by atomic mass is 16.6. The van der Waals surface area contributed by atoms with Crippen molar-refractivity contribution in [1.29, 1.82) is 0 Å². The molecule has 4 N–H and O–H groups in total. The summed E-state index contributed by atoms with van der Waals surface area (Å²) in [5.41, 5.74) is 5.01. The standard InChI is InChI=1S/C12H13N3O4/c13-6-12(10(16)14-11(17)15-12)7-1-2-8-9(5-7)19-4-3-18-8/h1-2,5H,3-4,6,13H2,(H2,14,15,16,17). The molecule has 0 aliphatic carbocycles. The summed E-state index contributed by atoms with van der Waals surface area (Å²) in [6.45, 7) is 0.903. The van der Waals surface area contributed by atoms with E-state index in [4.69, 9.17) is 15.2 Å². The maximum atomic E-state index is 12.0. The number of carbonyl (C=O) groups excluding carboxylic acids is 2. The van der Waals surface area contributed by atoms with E-state index in [1.807, 2.05) is 0 Å². The number of nitrogens with one attached hydrogen (secondary N) is 2. The number of urea groups is 1. The first-order chi connectivity index (χ1) is 9.15. The van der Waals surface area contributed by atoms with Gasteiger partial charge >= 0.3 is 6.03 Å². The lowest BCUT2D eigenvalue weighted by Crippen LogP contribution is -2.50. The molecule has 2 aliphatic heterocycles. The molecule has 7 nitrogen and oxygen atoms in total. The molecule has 1 fully saturated rings. The molecule has 0 spiro atoms. The maximum absolute atomic E-state index is 12.0. The number of nitrogens with two attached hydrogens (primary N) is 1. The van der Waals surface area contributed by atoms with Crippen molar-refractivity contribution in [3.05, 3.63) is 23.8 Å². The molecule has 0 bridgehead atoms. The van der Waals surface area contributed by atoms with Crippen LogP contribution in [0, 0.1) is 0 Å². The van der Waals surface area contributed by atoms with E-state index in [0.29, 0.717) is 30.3 Å². The van der Waals surface area contributed by atoms with Crippen molar-refractivity contribution in [3.8, 4) is 11.5 Å². The molecular formula is C12H13N3O4. The van der Waals surface area contributed by atoms with Gasteiger partial charge in [0.05, 0.1) is 0 Å². The van der Waals surface area contributed by atoms with Gasteiger partial charge in [-0.3, -0.25) is 10.1 Å². The summed E-state index contributed by atoms with van der Waals surface area (Å²) in [4.78, 5) is 23.3. The number of hydrogen-bond donors (Lipinski definition) is 3. The van der Waals surface area contributed by atoms with Gasteiger partial charge in [-0.25, -0.2) is 4.79 Å². The van der Waals surface area contributed by atoms with Crippen LogP contribution in [0.15, 0.2) is 18.2 Å². The highest BCUT2D eigenvalue weighted by molar-refractivity contribution is 6.07. The monoisotopic (exact) mass is 263 g/mol. The molecule has 1 aromatic rings. The van der Waals surface area contributed by atoms with Crippen LogP contribution in [0.3, 0.4) is 0 Å². The molecule has 0 radical (unpaired) electrons. The predicted molar refractivity (Wildman–Crippen MR) is 64.8 cm³/mol. The van der Waals surface area contributed by atoms with E-state index < -0.39 is 17.5 Å². The van der Waals surface area contributed by atoms with Gasteiger partial charge in [-0.1, -0.05) is 6.07 Å². The highest BCUT2D eigenvalue weighted by Gasteiger charge is 2.47. The molecule has 2 aliphatic rings. The fourth-order valence-electron chi connectivity index (χ4n) is 2.27. The third-order valence-electron chi connectivity index (χ3n) is 3.28. The zero-order valence-electron chi connectivity index (χ0n) is 10.1. The van der Waals surface area contributed by atoms with E-state index in [1.54, 1.807) is 18.2 Å². The van der Waals surface area contributed by atoms with Crippen molar-refractivity contribution in [3.63, 3.8) is 0 Å². The fraction of sp³-hybridized carbons (Fsp3) is 0.333. The minimum Gasteiger partial charge on any atom is -0.486 e. The molecule has 3 rings (SSSR count). The van der Waals surface area contributed by atoms with Crippen LogP contribution in [0.25, 0.3) is 0 Å². The summed E-state index contributed by atoms with van der Waals surface area (Å²) in [5, 5.41) is 4.77. The second-order valence-corrected chi connectivity index (χ2v) is 4.38. The van der Waals surface area contributed by atoms with Crippen LogP contribution in [0.4, 0.5) is 4.79 Å². The Balaban J connectivity index is 2.05. The second-order valence-electron chi connectivity index (χ2n) is 4.38. The van der Waals surface area contributed by atoms with Crippen molar-refractivity contribution in [2.75, 3.05) is 19.8 Å². The highest BCUT2D eigenvalue weighted by Crippen LogP contribution is 2.35. The second kappa shape index (κ2) is 4.13. The van der Waals surface area contributed by atoms with Gasteiger partial charge < -0.3 is 20.5 Å². The van der Waals surface area contributed by atoms with Crippen molar-refractivity contribution >= 4 is 11.9 Å². The lowest BCUT2D eigenvalue weighted by atomic mass is 9.90. The molecule has 1 aromatic carbocycles. The number of ether oxygens (including phenoxy) is 2. The van der Waals surface area contributed by atoms with Gasteiger partial charge in [0.1, 0.15) is 13.2 Å². The molecule has 1 saturated heterocycles. The van der Waals surface area contributed by atoms with Crippen molar-refractivity contribution < 1.29 is 19.1 Å². The van der Waals surface area contributed by atoms with Crippen LogP contribution in [0.2, 0.25) is 0 Å². The largest absolute Gasteiger partial charge is 0.486 e. The predicted octanol–water partition coefficient (Wildman–Crippen LogP) is -0.549. The van der Waals surface area contributed by atoms with Gasteiger partial charge in [0.2, 0.25) is 0 Å². The van der Waals surface area contributed by atoms with Crippen LogP contribution in [-0.4, -0.2) is 31.7 Å². The molecule has 0 aromatic heterocycles. The summed E-state index contributed by atoms with van der Waals surface area (Å²) < 4.78 is 10.9. The first-order valence-electron chi connectivity index (χ1n) is 5.89. The van der Waals surface area contributed by atoms with Gasteiger partial charge in [0.25, 0.3) is 5.91 Å². The smallest absolute Gasteiger partial charge is 0.322 e. The van der Waals surface area contributed by atoms with Gasteiger partial charge in [-0.15, -0.1) is 0 Å². The van der Waals surface area contributed by atoms with E-state index >= 15 is 0 Å². The van der Waals surface area contributed by atoms with E-state index in [9.17, 15) is 9.59 Å². The molecule has 1 atom stereocenters. The summed E-state index contributed by atoms with van der Waals surface area (Å²) in [7, 11) is 0. The number of benzene rings is 1. The Morgan fingerprint density at radius 3 is 2.58 bits per heavy atom. The SMILES string of the molecule is NCC1(c2ccc3c(c2)OCCO3)NC(=O)NC1=O. The minimum absolute atomic E-state index is 0.0375. The van der Waals surface area contributed by atoms with Crippen LogP contribution in [-0.2, 0) is 10.3 Å². The van der Waals surface area contributed by atoms with Gasteiger partial charge in [-0.05, 0) is 17.7 Å². The van der Waals surface area contributed by atoms with E-state index in [1.165, 1.54) is 0 Å². The summed E-state index contributed by atoms with van der Waals surface area (Å²) >= 11 is 0. The average molecular weight is 263 g/mol. The molecule has 0 saturated carbocycles. The Labute approximate surface area is 109 Å². The Kier molecular flexibility index (Phi) is 2.56. The van der Waals surface area contributed by atoms with Crippen molar-refractivity contribution in [2.24, 2.45) is 5.73 Å². The summed E-state index contributed by atoms with van der Waals surface area (Å²) in [6, 6.07) is 4.53. The molecule has 2 heterocycles. The topological polar surface area (TPSA) is 103 Å². The van der Waals surface area contributed by atoms with Crippen molar-refractivity contribution in [1.82, 2.24) is 10.6 Å². The van der Waals surface area contributed by atoms with Crippen LogP contribution in [0.5, 0.6) is 11.5 Å². The molecule has 3 amide bonds. The van der Waals surface area contributed by atoms with E-state index in [2.05, 4.69) is 10.6 Å². The Hall–Kier alpha value is -2.28. The zero-order chi connectivity index (χ0) is 13.5. The van der Waals surface area contributed by atoms with Crippen LogP contribution < -0.4 is 25.8 Å². The molecule has 7 heteroatoms. The normalized spacial score (nSPS) is 24.9. The fourth-order valence-corrected chi connectivity index (χ4v) is 2.27. The minimum atomic E-state index is -1.24. The van der Waals surface area contributed by atoms with E-state index in [-0.39, 0.29) is 6.54 Å². The van der Waals surface area contributed by atoms with Gasteiger partial charge in [-0.2, -0.15) is 0 Å². The Morgan fingerprint density at radius 2 is 1.95 bits per heavy atom. The number of carbonyl (C=O) groups is 2. The first kappa shape index (κ1) is 11.8. The van der Waals surface area contributed by atoms with Gasteiger partial charge in [0.15, 0.2) is 17.0 Å². The number of hydrogen-bond acceptors (Lipinski definition) is 5.